The molecular weight excluding hydrogens is 360 g/mol. The second kappa shape index (κ2) is 19.4. The van der Waals surface area contributed by atoms with Gasteiger partial charge in [-0.05, 0) is 31.6 Å². The van der Waals surface area contributed by atoms with Crippen LogP contribution in [0.5, 0.6) is 0 Å². The number of hydrogen-bond acceptors (Lipinski definition) is 2. The lowest BCUT2D eigenvalue weighted by molar-refractivity contribution is -0.167. The van der Waals surface area contributed by atoms with Crippen LogP contribution >= 0.6 is 0 Å². The van der Waals surface area contributed by atoms with E-state index >= 15 is 0 Å². The predicted octanol–water partition coefficient (Wildman–Crippen LogP) is 8.28. The zero-order valence-corrected chi connectivity index (χ0v) is 20.0. The lowest BCUT2D eigenvalue weighted by atomic mass is 9.78. The van der Waals surface area contributed by atoms with Crippen molar-refractivity contribution >= 4 is 5.97 Å². The van der Waals surface area contributed by atoms with E-state index in [1.165, 1.54) is 77.0 Å². The van der Waals surface area contributed by atoms with Crippen molar-refractivity contribution in [3.63, 3.8) is 0 Å². The summed E-state index contributed by atoms with van der Waals surface area (Å²) in [5.74, 6) is -1.13. The molecule has 2 atom stereocenters. The molecule has 29 heavy (non-hydrogen) atoms. The molecule has 0 aromatic rings. The summed E-state index contributed by atoms with van der Waals surface area (Å²) in [4.78, 5) is 11.8. The Morgan fingerprint density at radius 3 is 1.41 bits per heavy atom. The lowest BCUT2D eigenvalue weighted by Gasteiger charge is -2.32. The quantitative estimate of drug-likeness (QED) is 0.176. The highest BCUT2D eigenvalue weighted by Gasteiger charge is 2.42. The van der Waals surface area contributed by atoms with Crippen LogP contribution in [0.25, 0.3) is 0 Å². The maximum Gasteiger partial charge on any atom is 0.335 e. The average Bonchev–Trinajstić information content (AvgIpc) is 2.71. The van der Waals surface area contributed by atoms with E-state index in [-0.39, 0.29) is 5.92 Å². The van der Waals surface area contributed by atoms with E-state index in [1.54, 1.807) is 0 Å². The number of aliphatic carboxylic acids is 1. The normalized spacial score (nSPS) is 14.6. The van der Waals surface area contributed by atoms with Crippen molar-refractivity contribution in [1.29, 1.82) is 0 Å². The zero-order chi connectivity index (χ0) is 21.8. The smallest absolute Gasteiger partial charge is 0.335 e. The SMILES string of the molecule is CCCCCCCCCCCCCCCC(CC)C(O)(CCCCCC)C(=O)O. The summed E-state index contributed by atoms with van der Waals surface area (Å²) in [5.41, 5.74) is -1.53. The van der Waals surface area contributed by atoms with Gasteiger partial charge in [-0.15, -0.1) is 0 Å². The molecule has 0 saturated carbocycles. The summed E-state index contributed by atoms with van der Waals surface area (Å²) in [6, 6.07) is 0. The summed E-state index contributed by atoms with van der Waals surface area (Å²) in [6.45, 7) is 6.43. The molecular formula is C26H52O3. The maximum absolute atomic E-state index is 11.8. The van der Waals surface area contributed by atoms with Gasteiger partial charge in [-0.25, -0.2) is 4.79 Å². The zero-order valence-electron chi connectivity index (χ0n) is 20.0. The van der Waals surface area contributed by atoms with Gasteiger partial charge in [0.2, 0.25) is 0 Å². The second-order valence-electron chi connectivity index (χ2n) is 9.18. The third-order valence-electron chi connectivity index (χ3n) is 6.61. The fourth-order valence-electron chi connectivity index (χ4n) is 4.50. The van der Waals surface area contributed by atoms with Gasteiger partial charge in [0.25, 0.3) is 0 Å². The number of carbonyl (C=O) groups is 1. The molecule has 0 saturated heterocycles. The Hall–Kier alpha value is -0.570. The standard InChI is InChI=1S/C26H52O3/c1-4-7-9-11-12-13-14-15-16-17-18-19-20-22-24(6-3)26(29,25(27)28)23-21-10-8-5-2/h24,29H,4-23H2,1-3H3,(H,27,28). The van der Waals surface area contributed by atoms with Crippen LogP contribution < -0.4 is 0 Å². The van der Waals surface area contributed by atoms with Gasteiger partial charge in [0.15, 0.2) is 5.60 Å². The molecule has 0 spiro atoms. The first kappa shape index (κ1) is 28.4. The summed E-state index contributed by atoms with van der Waals surface area (Å²) in [6.07, 6.45) is 23.2. The first-order valence-corrected chi connectivity index (χ1v) is 13.0. The number of rotatable bonds is 22. The molecule has 0 bridgehead atoms. The van der Waals surface area contributed by atoms with Crippen molar-refractivity contribution in [2.75, 3.05) is 0 Å². The Balaban J connectivity index is 3.85. The van der Waals surface area contributed by atoms with E-state index in [1.807, 2.05) is 6.92 Å². The van der Waals surface area contributed by atoms with Gasteiger partial charge >= 0.3 is 5.97 Å². The summed E-state index contributed by atoms with van der Waals surface area (Å²) < 4.78 is 0. The number of aliphatic hydroxyl groups is 1. The Labute approximate surface area is 182 Å². The Bertz CT molecular complexity index is 369. The van der Waals surface area contributed by atoms with Gasteiger partial charge in [0.1, 0.15) is 0 Å². The molecule has 2 N–H and O–H groups in total. The summed E-state index contributed by atoms with van der Waals surface area (Å²) in [5, 5.41) is 20.5. The van der Waals surface area contributed by atoms with Crippen LogP contribution in [0.3, 0.4) is 0 Å². The molecule has 0 aromatic carbocycles. The third-order valence-corrected chi connectivity index (χ3v) is 6.61. The molecule has 0 aliphatic rings. The molecule has 174 valence electrons. The molecule has 0 radical (unpaired) electrons. The largest absolute Gasteiger partial charge is 0.479 e. The molecule has 0 amide bonds. The number of hydrogen-bond donors (Lipinski definition) is 2. The number of carboxylic acid groups (broad SMARTS) is 1. The predicted molar refractivity (Wildman–Crippen MR) is 125 cm³/mol. The molecule has 0 rings (SSSR count). The molecule has 3 nitrogen and oxygen atoms in total. The highest BCUT2D eigenvalue weighted by molar-refractivity contribution is 5.77. The van der Waals surface area contributed by atoms with E-state index in [0.29, 0.717) is 6.42 Å². The first-order valence-electron chi connectivity index (χ1n) is 13.0. The minimum absolute atomic E-state index is 0.116. The van der Waals surface area contributed by atoms with Crippen LogP contribution in [-0.4, -0.2) is 21.8 Å². The Morgan fingerprint density at radius 2 is 1.03 bits per heavy atom. The molecule has 0 aromatic heterocycles. The summed E-state index contributed by atoms with van der Waals surface area (Å²) >= 11 is 0. The van der Waals surface area contributed by atoms with Crippen LogP contribution in [0, 0.1) is 5.92 Å². The van der Waals surface area contributed by atoms with Crippen molar-refractivity contribution in [3.05, 3.63) is 0 Å². The van der Waals surface area contributed by atoms with Crippen molar-refractivity contribution in [2.24, 2.45) is 5.92 Å². The van der Waals surface area contributed by atoms with E-state index in [4.69, 9.17) is 0 Å². The minimum Gasteiger partial charge on any atom is -0.479 e. The van der Waals surface area contributed by atoms with Crippen molar-refractivity contribution in [2.45, 2.75) is 155 Å². The lowest BCUT2D eigenvalue weighted by Crippen LogP contribution is -2.45. The van der Waals surface area contributed by atoms with Crippen molar-refractivity contribution in [3.8, 4) is 0 Å². The highest BCUT2D eigenvalue weighted by Crippen LogP contribution is 2.32. The molecule has 0 aliphatic carbocycles. The fraction of sp³-hybridized carbons (Fsp3) is 0.962. The van der Waals surface area contributed by atoms with Crippen LogP contribution in [0.2, 0.25) is 0 Å². The van der Waals surface area contributed by atoms with E-state index < -0.39 is 11.6 Å². The van der Waals surface area contributed by atoms with Crippen LogP contribution in [-0.2, 0) is 4.79 Å². The van der Waals surface area contributed by atoms with Gasteiger partial charge in [0, 0.05) is 0 Å². The fourth-order valence-corrected chi connectivity index (χ4v) is 4.50. The van der Waals surface area contributed by atoms with Crippen LogP contribution in [0.15, 0.2) is 0 Å². The first-order chi connectivity index (χ1) is 14.0. The monoisotopic (exact) mass is 412 g/mol. The second-order valence-corrected chi connectivity index (χ2v) is 9.18. The molecule has 0 fully saturated rings. The maximum atomic E-state index is 11.8. The van der Waals surface area contributed by atoms with E-state index in [0.717, 1.165) is 44.9 Å². The van der Waals surface area contributed by atoms with Crippen LogP contribution in [0.4, 0.5) is 0 Å². The summed E-state index contributed by atoms with van der Waals surface area (Å²) in [7, 11) is 0. The number of carboxylic acids is 1. The average molecular weight is 413 g/mol. The molecule has 2 unspecified atom stereocenters. The highest BCUT2D eigenvalue weighted by atomic mass is 16.4. The van der Waals surface area contributed by atoms with Gasteiger partial charge in [-0.1, -0.05) is 124 Å². The van der Waals surface area contributed by atoms with Gasteiger partial charge < -0.3 is 10.2 Å². The Morgan fingerprint density at radius 1 is 0.655 bits per heavy atom. The third kappa shape index (κ3) is 14.1. The Kier molecular flexibility index (Phi) is 19.0. The molecule has 0 aliphatic heterocycles. The van der Waals surface area contributed by atoms with Crippen molar-refractivity contribution < 1.29 is 15.0 Å². The molecule has 3 heteroatoms. The van der Waals surface area contributed by atoms with Gasteiger partial charge in [-0.2, -0.15) is 0 Å². The van der Waals surface area contributed by atoms with E-state index in [2.05, 4.69) is 13.8 Å². The minimum atomic E-state index is -1.53. The number of unbranched alkanes of at least 4 members (excludes halogenated alkanes) is 15. The topological polar surface area (TPSA) is 57.5 Å². The van der Waals surface area contributed by atoms with Gasteiger partial charge in [0.05, 0.1) is 0 Å². The van der Waals surface area contributed by atoms with Crippen molar-refractivity contribution in [1.82, 2.24) is 0 Å². The van der Waals surface area contributed by atoms with E-state index in [9.17, 15) is 15.0 Å². The molecule has 0 heterocycles. The van der Waals surface area contributed by atoms with Gasteiger partial charge in [-0.3, -0.25) is 0 Å². The van der Waals surface area contributed by atoms with Crippen LogP contribution in [0.1, 0.15) is 149 Å².